The molecule has 0 saturated carbocycles. The molecule has 1 aromatic carbocycles. The van der Waals surface area contributed by atoms with Gasteiger partial charge in [0.25, 0.3) is 0 Å². The Morgan fingerprint density at radius 2 is 1.92 bits per heavy atom. The summed E-state index contributed by atoms with van der Waals surface area (Å²) < 4.78 is 0. The lowest BCUT2D eigenvalue weighted by Gasteiger charge is -2.37. The zero-order valence-corrected chi connectivity index (χ0v) is 16.9. The van der Waals surface area contributed by atoms with Gasteiger partial charge in [-0.05, 0) is 45.9 Å². The molecule has 0 radical (unpaired) electrons. The minimum absolute atomic E-state index is 0.0644. The second-order valence-corrected chi connectivity index (χ2v) is 7.86. The van der Waals surface area contributed by atoms with Crippen molar-refractivity contribution in [2.24, 2.45) is 4.99 Å². The highest BCUT2D eigenvalue weighted by Crippen LogP contribution is 2.20. The molecule has 0 atom stereocenters. The summed E-state index contributed by atoms with van der Waals surface area (Å²) in [6.45, 7) is 12.3. The van der Waals surface area contributed by atoms with Crippen molar-refractivity contribution in [2.45, 2.75) is 33.2 Å². The normalized spacial score (nSPS) is 15.8. The molecule has 1 amide bonds. The number of carbonyl (C=O) groups excluding carboxylic acids is 1. The molecule has 2 N–H and O–H groups in total. The van der Waals surface area contributed by atoms with E-state index < -0.39 is 0 Å². The zero-order valence-electron chi connectivity index (χ0n) is 16.2. The number of nitrogens with zero attached hydrogens (tertiary/aromatic N) is 3. The first-order valence-corrected chi connectivity index (χ1v) is 9.51. The van der Waals surface area contributed by atoms with Crippen LogP contribution in [0.5, 0.6) is 0 Å². The molecule has 144 valence electrons. The standard InChI is InChI=1S/C19H30ClN5O/c1-5-21-18(22-14-17(26)23-19(2,3)4)25-11-9-24(10-12-25)16-8-6-7-15(20)13-16/h6-8,13H,5,9-12,14H2,1-4H3,(H,21,22)(H,23,26). The molecule has 1 aromatic rings. The number of nitrogens with one attached hydrogen (secondary N) is 2. The fraction of sp³-hybridized carbons (Fsp3) is 0.579. The Bertz CT molecular complexity index is 633. The molecule has 6 nitrogen and oxygen atoms in total. The largest absolute Gasteiger partial charge is 0.368 e. The minimum Gasteiger partial charge on any atom is -0.368 e. The Kier molecular flexibility index (Phi) is 7.14. The summed E-state index contributed by atoms with van der Waals surface area (Å²) in [4.78, 5) is 21.1. The van der Waals surface area contributed by atoms with E-state index in [-0.39, 0.29) is 18.0 Å². The highest BCUT2D eigenvalue weighted by Gasteiger charge is 2.20. The van der Waals surface area contributed by atoms with Crippen molar-refractivity contribution in [3.63, 3.8) is 0 Å². The summed E-state index contributed by atoms with van der Waals surface area (Å²) in [6.07, 6.45) is 0. The molecular weight excluding hydrogens is 350 g/mol. The molecular formula is C19H30ClN5O. The number of anilines is 1. The summed E-state index contributed by atoms with van der Waals surface area (Å²) in [5.74, 6) is 0.729. The van der Waals surface area contributed by atoms with Crippen molar-refractivity contribution < 1.29 is 4.79 Å². The predicted molar refractivity (Wildman–Crippen MR) is 109 cm³/mol. The second-order valence-electron chi connectivity index (χ2n) is 7.42. The van der Waals surface area contributed by atoms with Crippen molar-refractivity contribution in [1.29, 1.82) is 0 Å². The van der Waals surface area contributed by atoms with Crippen LogP contribution < -0.4 is 15.5 Å². The van der Waals surface area contributed by atoms with Crippen molar-refractivity contribution >= 4 is 29.2 Å². The van der Waals surface area contributed by atoms with Crippen molar-refractivity contribution in [2.75, 3.05) is 44.2 Å². The number of rotatable bonds is 4. The number of guanidine groups is 1. The van der Waals surface area contributed by atoms with Gasteiger partial charge < -0.3 is 20.4 Å². The van der Waals surface area contributed by atoms with E-state index in [1.54, 1.807) is 0 Å². The first-order valence-electron chi connectivity index (χ1n) is 9.13. The van der Waals surface area contributed by atoms with Gasteiger partial charge in [-0.3, -0.25) is 4.79 Å². The fourth-order valence-electron chi connectivity index (χ4n) is 2.88. The number of carbonyl (C=O) groups is 1. The van der Waals surface area contributed by atoms with Crippen LogP contribution in [0.25, 0.3) is 0 Å². The lowest BCUT2D eigenvalue weighted by atomic mass is 10.1. The van der Waals surface area contributed by atoms with Crippen LogP contribution in [0.4, 0.5) is 5.69 Å². The van der Waals surface area contributed by atoms with Crippen LogP contribution in [0, 0.1) is 0 Å². The number of amides is 1. The van der Waals surface area contributed by atoms with E-state index in [1.807, 2.05) is 45.9 Å². The molecule has 1 heterocycles. The predicted octanol–water partition coefficient (Wildman–Crippen LogP) is 2.34. The van der Waals surface area contributed by atoms with E-state index in [9.17, 15) is 4.79 Å². The molecule has 0 aromatic heterocycles. The summed E-state index contributed by atoms with van der Waals surface area (Å²) in [6, 6.07) is 7.94. The summed E-state index contributed by atoms with van der Waals surface area (Å²) >= 11 is 6.10. The highest BCUT2D eigenvalue weighted by atomic mass is 35.5. The van der Waals surface area contributed by atoms with Crippen LogP contribution in [0.2, 0.25) is 5.02 Å². The Balaban J connectivity index is 1.94. The van der Waals surface area contributed by atoms with E-state index >= 15 is 0 Å². The monoisotopic (exact) mass is 379 g/mol. The Morgan fingerprint density at radius 3 is 2.50 bits per heavy atom. The molecule has 1 aliphatic heterocycles. The van der Waals surface area contributed by atoms with Gasteiger partial charge in [0.1, 0.15) is 6.54 Å². The van der Waals surface area contributed by atoms with Crippen LogP contribution in [-0.4, -0.2) is 61.6 Å². The second kappa shape index (κ2) is 9.12. The quantitative estimate of drug-likeness (QED) is 0.622. The first kappa shape index (κ1) is 20.4. The Hall–Kier alpha value is -1.95. The van der Waals surface area contributed by atoms with Gasteiger partial charge in [0.2, 0.25) is 5.91 Å². The van der Waals surface area contributed by atoms with E-state index in [1.165, 1.54) is 0 Å². The molecule has 0 unspecified atom stereocenters. The van der Waals surface area contributed by atoms with Gasteiger partial charge in [-0.1, -0.05) is 17.7 Å². The van der Waals surface area contributed by atoms with Gasteiger partial charge >= 0.3 is 0 Å². The average molecular weight is 380 g/mol. The summed E-state index contributed by atoms with van der Waals surface area (Å²) in [5.41, 5.74) is 0.900. The van der Waals surface area contributed by atoms with E-state index in [4.69, 9.17) is 11.6 Å². The maximum atomic E-state index is 12.0. The molecule has 7 heteroatoms. The molecule has 1 saturated heterocycles. The van der Waals surface area contributed by atoms with Crippen molar-refractivity contribution in [3.05, 3.63) is 29.3 Å². The van der Waals surface area contributed by atoms with Crippen LogP contribution in [0.15, 0.2) is 29.3 Å². The molecule has 2 rings (SSSR count). The average Bonchev–Trinajstić information content (AvgIpc) is 2.57. The first-order chi connectivity index (χ1) is 12.3. The molecule has 26 heavy (non-hydrogen) atoms. The summed E-state index contributed by atoms with van der Waals surface area (Å²) in [5, 5.41) is 6.99. The Labute approximate surface area is 161 Å². The Morgan fingerprint density at radius 1 is 1.23 bits per heavy atom. The van der Waals surface area contributed by atoms with Gasteiger partial charge in [-0.2, -0.15) is 0 Å². The third-order valence-corrected chi connectivity index (χ3v) is 4.21. The van der Waals surface area contributed by atoms with E-state index in [2.05, 4.69) is 31.5 Å². The maximum Gasteiger partial charge on any atom is 0.242 e. The van der Waals surface area contributed by atoms with Crippen LogP contribution in [-0.2, 0) is 4.79 Å². The van der Waals surface area contributed by atoms with Gasteiger partial charge in [0.05, 0.1) is 0 Å². The summed E-state index contributed by atoms with van der Waals surface area (Å²) in [7, 11) is 0. The van der Waals surface area contributed by atoms with Gasteiger partial charge in [-0.25, -0.2) is 4.99 Å². The van der Waals surface area contributed by atoms with Crippen molar-refractivity contribution in [3.8, 4) is 0 Å². The number of aliphatic imine (C=N–C) groups is 1. The van der Waals surface area contributed by atoms with Crippen molar-refractivity contribution in [1.82, 2.24) is 15.5 Å². The third kappa shape index (κ3) is 6.41. The van der Waals surface area contributed by atoms with Crippen LogP contribution in [0.3, 0.4) is 0 Å². The lowest BCUT2D eigenvalue weighted by molar-refractivity contribution is -0.121. The van der Waals surface area contributed by atoms with Gasteiger partial charge in [0, 0.05) is 49.0 Å². The number of hydrogen-bond donors (Lipinski definition) is 2. The minimum atomic E-state index is -0.243. The lowest BCUT2D eigenvalue weighted by Crippen LogP contribution is -2.53. The van der Waals surface area contributed by atoms with E-state index in [0.29, 0.717) is 0 Å². The zero-order chi connectivity index (χ0) is 19.2. The number of benzene rings is 1. The number of halogens is 1. The third-order valence-electron chi connectivity index (χ3n) is 3.97. The molecule has 1 aliphatic rings. The van der Waals surface area contributed by atoms with Crippen LogP contribution >= 0.6 is 11.6 Å². The van der Waals surface area contributed by atoms with E-state index in [0.717, 1.165) is 49.4 Å². The maximum absolute atomic E-state index is 12.0. The fourth-order valence-corrected chi connectivity index (χ4v) is 3.06. The number of piperazine rings is 1. The van der Waals surface area contributed by atoms with Gasteiger partial charge in [-0.15, -0.1) is 0 Å². The molecule has 1 fully saturated rings. The number of hydrogen-bond acceptors (Lipinski definition) is 3. The molecule has 0 spiro atoms. The molecule has 0 bridgehead atoms. The smallest absolute Gasteiger partial charge is 0.242 e. The molecule has 0 aliphatic carbocycles. The van der Waals surface area contributed by atoms with Crippen LogP contribution in [0.1, 0.15) is 27.7 Å². The van der Waals surface area contributed by atoms with Gasteiger partial charge in [0.15, 0.2) is 5.96 Å². The SMILES string of the molecule is CCNC(=NCC(=O)NC(C)(C)C)N1CCN(c2cccc(Cl)c2)CC1. The highest BCUT2D eigenvalue weighted by molar-refractivity contribution is 6.30. The topological polar surface area (TPSA) is 60.0 Å².